The first-order valence-corrected chi connectivity index (χ1v) is 12.0. The molecule has 2 aromatic heterocycles. The van der Waals surface area contributed by atoms with Crippen molar-refractivity contribution in [1.29, 1.82) is 0 Å². The van der Waals surface area contributed by atoms with E-state index in [0.29, 0.717) is 0 Å². The lowest BCUT2D eigenvalue weighted by Gasteiger charge is -2.28. The maximum atomic E-state index is 5.56. The Morgan fingerprint density at radius 3 is 2.46 bits per heavy atom. The van der Waals surface area contributed by atoms with Gasteiger partial charge in [0, 0.05) is 68.0 Å². The molecule has 182 valence electrons. The van der Waals surface area contributed by atoms with Gasteiger partial charge in [0.15, 0.2) is 0 Å². The van der Waals surface area contributed by atoms with Gasteiger partial charge in [-0.15, -0.1) is 0 Å². The Morgan fingerprint density at radius 2 is 1.80 bits per heavy atom. The topological polar surface area (TPSA) is 68.5 Å². The van der Waals surface area contributed by atoms with Crippen molar-refractivity contribution in [3.05, 3.63) is 55.0 Å². The van der Waals surface area contributed by atoms with Crippen LogP contribution >= 0.6 is 0 Å². The summed E-state index contributed by atoms with van der Waals surface area (Å²) in [5.74, 6) is 2.28. The van der Waals surface area contributed by atoms with Gasteiger partial charge >= 0.3 is 0 Å². The van der Waals surface area contributed by atoms with Crippen LogP contribution in [0.25, 0.3) is 22.3 Å². The Balaban J connectivity index is 1.53. The molecule has 35 heavy (non-hydrogen) atoms. The Morgan fingerprint density at radius 1 is 1.00 bits per heavy atom. The van der Waals surface area contributed by atoms with Crippen LogP contribution in [0.5, 0.6) is 11.5 Å². The first kappa shape index (κ1) is 23.1. The number of fused-ring (bicyclic) bond motifs is 1. The number of aryl methyl sites for hydroxylation is 1. The molecule has 1 atom stereocenters. The van der Waals surface area contributed by atoms with Crippen LogP contribution in [-0.2, 0) is 7.05 Å². The Kier molecular flexibility index (Phi) is 6.55. The summed E-state index contributed by atoms with van der Waals surface area (Å²) >= 11 is 0. The third-order valence-electron chi connectivity index (χ3n) is 6.63. The molecule has 1 fully saturated rings. The molecule has 0 N–H and O–H groups in total. The fourth-order valence-corrected chi connectivity index (χ4v) is 4.69. The van der Waals surface area contributed by atoms with Gasteiger partial charge in [0.25, 0.3) is 0 Å². The van der Waals surface area contributed by atoms with Crippen LogP contribution < -0.4 is 14.4 Å². The van der Waals surface area contributed by atoms with Gasteiger partial charge in [-0.3, -0.25) is 9.67 Å². The Hall–Kier alpha value is -3.65. The van der Waals surface area contributed by atoms with Crippen molar-refractivity contribution in [2.75, 3.05) is 45.3 Å². The highest BCUT2D eigenvalue weighted by Crippen LogP contribution is 2.34. The molecule has 3 heterocycles. The van der Waals surface area contributed by atoms with Gasteiger partial charge in [-0.1, -0.05) is 6.92 Å². The highest BCUT2D eigenvalue weighted by molar-refractivity contribution is 5.82. The average Bonchev–Trinajstić information content (AvgIpc) is 3.51. The van der Waals surface area contributed by atoms with Crippen molar-refractivity contribution in [2.24, 2.45) is 13.0 Å². The van der Waals surface area contributed by atoms with E-state index in [1.165, 1.54) is 6.42 Å². The molecule has 0 amide bonds. The number of methoxy groups -OCH3 is 2. The number of hydrogen-bond donors (Lipinski definition) is 0. The van der Waals surface area contributed by atoms with E-state index in [0.717, 1.165) is 77.3 Å². The van der Waals surface area contributed by atoms with E-state index in [1.54, 1.807) is 25.1 Å². The number of rotatable bonds is 8. The number of benzene rings is 2. The number of likely N-dealkylation sites (tertiary alicyclic amines) is 1. The summed E-state index contributed by atoms with van der Waals surface area (Å²) in [7, 11) is 5.26. The number of hydrogen-bond acceptors (Lipinski definition) is 7. The van der Waals surface area contributed by atoms with Gasteiger partial charge in [0.2, 0.25) is 0 Å². The minimum absolute atomic E-state index is 0.752. The molecule has 4 aromatic rings. The average molecular weight is 473 g/mol. The predicted molar refractivity (Wildman–Crippen MR) is 139 cm³/mol. The van der Waals surface area contributed by atoms with Gasteiger partial charge in [0.1, 0.15) is 11.5 Å². The molecule has 5 rings (SSSR count). The van der Waals surface area contributed by atoms with Gasteiger partial charge in [0.05, 0.1) is 43.3 Å². The predicted octanol–water partition coefficient (Wildman–Crippen LogP) is 4.53. The maximum Gasteiger partial charge on any atom is 0.124 e. The van der Waals surface area contributed by atoms with Crippen LogP contribution in [0.3, 0.4) is 0 Å². The summed E-state index contributed by atoms with van der Waals surface area (Å²) < 4.78 is 12.9. The normalized spacial score (nSPS) is 16.1. The number of nitrogens with zero attached hydrogens (tertiary/aromatic N) is 6. The summed E-state index contributed by atoms with van der Waals surface area (Å²) in [6.45, 7) is 6.43. The first-order valence-electron chi connectivity index (χ1n) is 12.0. The van der Waals surface area contributed by atoms with Crippen molar-refractivity contribution >= 4 is 22.4 Å². The van der Waals surface area contributed by atoms with E-state index < -0.39 is 0 Å². The molecule has 0 bridgehead atoms. The number of aromatic nitrogens is 4. The molecule has 0 saturated carbocycles. The van der Waals surface area contributed by atoms with Crippen molar-refractivity contribution in [1.82, 2.24) is 24.6 Å². The zero-order valence-corrected chi connectivity index (χ0v) is 20.8. The zero-order chi connectivity index (χ0) is 24.4. The van der Waals surface area contributed by atoms with Crippen LogP contribution in [0.4, 0.5) is 11.4 Å². The van der Waals surface area contributed by atoms with Crippen molar-refractivity contribution in [3.63, 3.8) is 0 Å². The quantitative estimate of drug-likeness (QED) is 0.373. The molecule has 1 unspecified atom stereocenters. The van der Waals surface area contributed by atoms with Crippen LogP contribution in [0.2, 0.25) is 0 Å². The highest BCUT2D eigenvalue weighted by atomic mass is 16.5. The van der Waals surface area contributed by atoms with Crippen LogP contribution in [0.15, 0.2) is 55.0 Å². The molecule has 1 saturated heterocycles. The lowest BCUT2D eigenvalue weighted by Crippen LogP contribution is -2.31. The number of anilines is 2. The van der Waals surface area contributed by atoms with E-state index in [1.807, 2.05) is 31.6 Å². The lowest BCUT2D eigenvalue weighted by atomic mass is 10.2. The van der Waals surface area contributed by atoms with Crippen molar-refractivity contribution in [2.45, 2.75) is 13.3 Å². The molecule has 2 aromatic carbocycles. The standard InChI is InChI=1S/C27H32N6O2/c1-19-7-8-32(17-19)9-10-33(22-11-23(34-3)14-24(12-22)35-4)21-5-6-25-26(13-21)30-27(16-28-25)20-15-29-31(2)18-20/h5-6,11-16,18-19H,7-10,17H2,1-4H3. The third kappa shape index (κ3) is 5.07. The summed E-state index contributed by atoms with van der Waals surface area (Å²) in [6.07, 6.45) is 6.82. The zero-order valence-electron chi connectivity index (χ0n) is 20.8. The van der Waals surface area contributed by atoms with Crippen LogP contribution in [0, 0.1) is 5.92 Å². The second-order valence-electron chi connectivity index (χ2n) is 9.25. The largest absolute Gasteiger partial charge is 0.497 e. The van der Waals surface area contributed by atoms with Gasteiger partial charge < -0.3 is 19.3 Å². The van der Waals surface area contributed by atoms with Crippen molar-refractivity contribution < 1.29 is 9.47 Å². The Labute approximate surface area is 206 Å². The third-order valence-corrected chi connectivity index (χ3v) is 6.63. The molecule has 8 nitrogen and oxygen atoms in total. The lowest BCUT2D eigenvalue weighted by molar-refractivity contribution is 0.336. The van der Waals surface area contributed by atoms with E-state index >= 15 is 0 Å². The van der Waals surface area contributed by atoms with E-state index in [-0.39, 0.29) is 0 Å². The van der Waals surface area contributed by atoms with Crippen LogP contribution in [0.1, 0.15) is 13.3 Å². The molecule has 0 spiro atoms. The summed E-state index contributed by atoms with van der Waals surface area (Å²) in [5.41, 5.74) is 5.53. The van der Waals surface area contributed by atoms with E-state index in [4.69, 9.17) is 14.5 Å². The monoisotopic (exact) mass is 472 g/mol. The smallest absolute Gasteiger partial charge is 0.124 e. The summed E-state index contributed by atoms with van der Waals surface area (Å²) in [4.78, 5) is 14.4. The first-order chi connectivity index (χ1) is 17.0. The SMILES string of the molecule is COc1cc(OC)cc(N(CCN2CCC(C)C2)c2ccc3ncc(-c4cnn(C)c4)nc3c2)c1. The molecular formula is C27H32N6O2. The summed E-state index contributed by atoms with van der Waals surface area (Å²) in [5, 5.41) is 4.27. The summed E-state index contributed by atoms with van der Waals surface area (Å²) in [6, 6.07) is 12.3. The fourth-order valence-electron chi connectivity index (χ4n) is 4.69. The van der Waals surface area contributed by atoms with E-state index in [2.05, 4.69) is 51.1 Å². The highest BCUT2D eigenvalue weighted by Gasteiger charge is 2.21. The molecule has 1 aliphatic heterocycles. The van der Waals surface area contributed by atoms with Gasteiger partial charge in [-0.05, 0) is 37.1 Å². The van der Waals surface area contributed by atoms with Crippen molar-refractivity contribution in [3.8, 4) is 22.8 Å². The molecule has 8 heteroatoms. The minimum atomic E-state index is 0.752. The molecular weight excluding hydrogens is 440 g/mol. The molecule has 0 radical (unpaired) electrons. The van der Waals surface area contributed by atoms with Gasteiger partial charge in [-0.25, -0.2) is 4.98 Å². The van der Waals surface area contributed by atoms with Crippen LogP contribution in [-0.4, -0.2) is 65.0 Å². The second kappa shape index (κ2) is 9.92. The molecule has 1 aliphatic rings. The number of ether oxygens (including phenoxy) is 2. The Bertz CT molecular complexity index is 1300. The second-order valence-corrected chi connectivity index (χ2v) is 9.25. The minimum Gasteiger partial charge on any atom is -0.497 e. The van der Waals surface area contributed by atoms with E-state index in [9.17, 15) is 0 Å². The maximum absolute atomic E-state index is 5.56. The fraction of sp³-hybridized carbons (Fsp3) is 0.370. The van der Waals surface area contributed by atoms with Gasteiger partial charge in [-0.2, -0.15) is 5.10 Å². The molecule has 0 aliphatic carbocycles.